The molecule has 4 rings (SSSR count). The Hall–Kier alpha value is -2.66. The summed E-state index contributed by atoms with van der Waals surface area (Å²) in [6.07, 6.45) is 0. The summed E-state index contributed by atoms with van der Waals surface area (Å²) < 4.78 is 6.82. The topological polar surface area (TPSA) is 46.3 Å². The van der Waals surface area contributed by atoms with E-state index in [1.54, 1.807) is 29.4 Å². The summed E-state index contributed by atoms with van der Waals surface area (Å²) in [6.45, 7) is 1.98. The second-order valence-corrected chi connectivity index (χ2v) is 6.82. The van der Waals surface area contributed by atoms with Crippen molar-refractivity contribution in [2.45, 2.75) is 13.0 Å². The van der Waals surface area contributed by atoms with Crippen LogP contribution in [-0.2, 0) is 0 Å². The van der Waals surface area contributed by atoms with Crippen LogP contribution >= 0.6 is 11.3 Å². The lowest BCUT2D eigenvalue weighted by Gasteiger charge is -2.22. The van der Waals surface area contributed by atoms with Gasteiger partial charge in [0, 0.05) is 12.4 Å². The molecule has 0 aliphatic heterocycles. The molecule has 24 heavy (non-hydrogen) atoms. The Morgan fingerprint density at radius 1 is 1.17 bits per heavy atom. The molecule has 0 spiro atoms. The summed E-state index contributed by atoms with van der Waals surface area (Å²) in [5, 5.41) is 1.85. The van der Waals surface area contributed by atoms with Crippen molar-refractivity contribution >= 4 is 38.4 Å². The molecule has 0 fully saturated rings. The van der Waals surface area contributed by atoms with Gasteiger partial charge >= 0.3 is 0 Å². The van der Waals surface area contributed by atoms with Gasteiger partial charge in [-0.3, -0.25) is 4.79 Å². The molecule has 2 heterocycles. The fourth-order valence-electron chi connectivity index (χ4n) is 2.67. The Balaban J connectivity index is 1.63. The highest BCUT2D eigenvalue weighted by Gasteiger charge is 2.24. The molecular weight excluding hydrogens is 320 g/mol. The van der Waals surface area contributed by atoms with Crippen molar-refractivity contribution in [2.24, 2.45) is 0 Å². The van der Waals surface area contributed by atoms with E-state index in [9.17, 15) is 4.79 Å². The zero-order valence-corrected chi connectivity index (χ0v) is 14.2. The van der Waals surface area contributed by atoms with Crippen molar-refractivity contribution in [3.63, 3.8) is 0 Å². The van der Waals surface area contributed by atoms with Gasteiger partial charge in [0.25, 0.3) is 5.91 Å². The molecule has 1 atom stereocenters. The number of furan rings is 1. The molecule has 2 aromatic carbocycles. The van der Waals surface area contributed by atoms with Crippen molar-refractivity contribution in [3.8, 4) is 0 Å². The Morgan fingerprint density at radius 2 is 1.92 bits per heavy atom. The van der Waals surface area contributed by atoms with E-state index in [0.717, 1.165) is 26.2 Å². The number of rotatable bonds is 3. The number of hydrogen-bond acceptors (Lipinski definition) is 4. The van der Waals surface area contributed by atoms with Crippen molar-refractivity contribution in [2.75, 3.05) is 7.05 Å². The molecule has 120 valence electrons. The van der Waals surface area contributed by atoms with E-state index in [2.05, 4.69) is 4.98 Å². The lowest BCUT2D eigenvalue weighted by atomic mass is 10.2. The maximum atomic E-state index is 12.8. The van der Waals surface area contributed by atoms with Gasteiger partial charge in [-0.2, -0.15) is 0 Å². The average molecular weight is 336 g/mol. The number of benzene rings is 2. The monoisotopic (exact) mass is 336 g/mol. The smallest absolute Gasteiger partial charge is 0.289 e. The van der Waals surface area contributed by atoms with E-state index in [0.29, 0.717) is 5.76 Å². The van der Waals surface area contributed by atoms with E-state index in [1.807, 2.05) is 55.5 Å². The Morgan fingerprint density at radius 3 is 2.71 bits per heavy atom. The van der Waals surface area contributed by atoms with Gasteiger partial charge in [0.05, 0.1) is 16.3 Å². The predicted octanol–water partition coefficient (Wildman–Crippen LogP) is 4.88. The third-order valence-electron chi connectivity index (χ3n) is 4.21. The number of thiazole rings is 1. The van der Waals surface area contributed by atoms with Crippen LogP contribution in [0.25, 0.3) is 21.2 Å². The van der Waals surface area contributed by atoms with Gasteiger partial charge in [-0.25, -0.2) is 4.98 Å². The molecule has 2 aromatic heterocycles. The molecular formula is C19H16N2O2S. The van der Waals surface area contributed by atoms with E-state index in [4.69, 9.17) is 4.42 Å². The quantitative estimate of drug-likeness (QED) is 0.536. The molecule has 1 amide bonds. The molecule has 0 radical (unpaired) electrons. The van der Waals surface area contributed by atoms with Crippen LogP contribution in [0.4, 0.5) is 0 Å². The van der Waals surface area contributed by atoms with E-state index in [-0.39, 0.29) is 11.9 Å². The number of para-hydroxylation sites is 2. The highest BCUT2D eigenvalue weighted by Crippen LogP contribution is 2.30. The van der Waals surface area contributed by atoms with E-state index < -0.39 is 0 Å². The maximum absolute atomic E-state index is 12.8. The average Bonchev–Trinajstić information content (AvgIpc) is 3.23. The predicted molar refractivity (Wildman–Crippen MR) is 96.3 cm³/mol. The second-order valence-electron chi connectivity index (χ2n) is 5.76. The summed E-state index contributed by atoms with van der Waals surface area (Å²) >= 11 is 1.62. The summed E-state index contributed by atoms with van der Waals surface area (Å²) in [7, 11) is 1.78. The van der Waals surface area contributed by atoms with Gasteiger partial charge in [-0.05, 0) is 31.2 Å². The van der Waals surface area contributed by atoms with Crippen LogP contribution in [0.1, 0.15) is 28.5 Å². The van der Waals surface area contributed by atoms with E-state index in [1.165, 1.54) is 0 Å². The Kier molecular flexibility index (Phi) is 3.58. The van der Waals surface area contributed by atoms with Gasteiger partial charge in [0.15, 0.2) is 5.76 Å². The number of carbonyl (C=O) groups is 1. The fourth-order valence-corrected chi connectivity index (χ4v) is 3.73. The molecule has 0 bridgehead atoms. The molecule has 1 unspecified atom stereocenters. The lowest BCUT2D eigenvalue weighted by molar-refractivity contribution is 0.0713. The molecule has 0 N–H and O–H groups in total. The van der Waals surface area contributed by atoms with Crippen molar-refractivity contribution in [1.82, 2.24) is 9.88 Å². The van der Waals surface area contributed by atoms with Gasteiger partial charge in [-0.15, -0.1) is 11.3 Å². The van der Waals surface area contributed by atoms with Crippen molar-refractivity contribution < 1.29 is 9.21 Å². The number of amides is 1. The number of aromatic nitrogens is 1. The van der Waals surface area contributed by atoms with Crippen LogP contribution in [0.3, 0.4) is 0 Å². The van der Waals surface area contributed by atoms with Gasteiger partial charge in [-0.1, -0.05) is 30.3 Å². The molecule has 0 aliphatic carbocycles. The van der Waals surface area contributed by atoms with Crippen LogP contribution in [0.15, 0.2) is 59.0 Å². The zero-order valence-electron chi connectivity index (χ0n) is 13.4. The fraction of sp³-hybridized carbons (Fsp3) is 0.158. The molecule has 4 aromatic rings. The summed E-state index contributed by atoms with van der Waals surface area (Å²) in [4.78, 5) is 19.1. The van der Waals surface area contributed by atoms with Gasteiger partial charge < -0.3 is 9.32 Å². The van der Waals surface area contributed by atoms with Gasteiger partial charge in [0.1, 0.15) is 10.6 Å². The van der Waals surface area contributed by atoms with Crippen LogP contribution < -0.4 is 0 Å². The first-order chi connectivity index (χ1) is 11.6. The molecule has 0 aliphatic rings. The molecule has 0 saturated heterocycles. The highest BCUT2D eigenvalue weighted by molar-refractivity contribution is 7.18. The maximum Gasteiger partial charge on any atom is 0.289 e. The normalized spacial score (nSPS) is 12.6. The van der Waals surface area contributed by atoms with Crippen molar-refractivity contribution in [3.05, 3.63) is 65.4 Å². The van der Waals surface area contributed by atoms with Crippen LogP contribution in [0.5, 0.6) is 0 Å². The Bertz CT molecular complexity index is 968. The molecule has 0 saturated carbocycles. The first-order valence-corrected chi connectivity index (χ1v) is 8.56. The second kappa shape index (κ2) is 5.76. The summed E-state index contributed by atoms with van der Waals surface area (Å²) in [5.74, 6) is 0.213. The molecule has 4 nitrogen and oxygen atoms in total. The number of fused-ring (bicyclic) bond motifs is 2. The van der Waals surface area contributed by atoms with Crippen molar-refractivity contribution in [1.29, 1.82) is 0 Å². The number of carbonyl (C=O) groups excluding carboxylic acids is 1. The Labute approximate surface area is 143 Å². The van der Waals surface area contributed by atoms with Gasteiger partial charge in [0.2, 0.25) is 0 Å². The zero-order chi connectivity index (χ0) is 16.7. The lowest BCUT2D eigenvalue weighted by Crippen LogP contribution is -2.29. The largest absolute Gasteiger partial charge is 0.451 e. The minimum atomic E-state index is -0.141. The third kappa shape index (κ3) is 2.47. The summed E-state index contributed by atoms with van der Waals surface area (Å²) in [5.41, 5.74) is 1.69. The highest BCUT2D eigenvalue weighted by atomic mass is 32.1. The minimum Gasteiger partial charge on any atom is -0.451 e. The van der Waals surface area contributed by atoms with Crippen LogP contribution in [0.2, 0.25) is 0 Å². The third-order valence-corrected chi connectivity index (χ3v) is 5.41. The standard InChI is InChI=1S/C19H16N2O2S/c1-12(18-20-14-8-4-6-10-17(14)24-18)21(2)19(22)16-11-13-7-3-5-9-15(13)23-16/h3-12H,1-2H3. The number of hydrogen-bond donors (Lipinski definition) is 0. The SMILES string of the molecule is CC(c1nc2ccccc2s1)N(C)C(=O)c1cc2ccccc2o1. The first kappa shape index (κ1) is 14.9. The van der Waals surface area contributed by atoms with Crippen LogP contribution in [0, 0.1) is 0 Å². The first-order valence-electron chi connectivity index (χ1n) is 7.74. The number of nitrogens with zero attached hydrogens (tertiary/aromatic N) is 2. The molecule has 5 heteroatoms. The van der Waals surface area contributed by atoms with Crippen LogP contribution in [-0.4, -0.2) is 22.8 Å². The van der Waals surface area contributed by atoms with E-state index >= 15 is 0 Å². The summed E-state index contributed by atoms with van der Waals surface area (Å²) in [6, 6.07) is 17.3. The minimum absolute atomic E-state index is 0.122.